The maximum Gasteiger partial charge on any atom is 0.305 e. The molecule has 0 bridgehead atoms. The Bertz CT molecular complexity index is 1200. The van der Waals surface area contributed by atoms with Crippen molar-refractivity contribution in [1.82, 2.24) is 5.32 Å². The molecule has 2 unspecified atom stereocenters. The van der Waals surface area contributed by atoms with Gasteiger partial charge in [-0.3, -0.25) is 9.59 Å². The second kappa shape index (κ2) is 66.8. The lowest BCUT2D eigenvalue weighted by Crippen LogP contribution is -2.45. The maximum absolute atomic E-state index is 12.4. The van der Waals surface area contributed by atoms with Gasteiger partial charge in [-0.05, 0) is 57.8 Å². The van der Waals surface area contributed by atoms with E-state index in [-0.39, 0.29) is 18.5 Å². The van der Waals surface area contributed by atoms with Crippen LogP contribution in [0.5, 0.6) is 0 Å². The molecule has 456 valence electrons. The second-order valence-electron chi connectivity index (χ2n) is 24.2. The van der Waals surface area contributed by atoms with Gasteiger partial charge in [0.25, 0.3) is 0 Å². The highest BCUT2D eigenvalue weighted by Gasteiger charge is 2.18. The van der Waals surface area contributed by atoms with Crippen molar-refractivity contribution in [3.63, 3.8) is 0 Å². The number of carbonyl (C=O) groups excluding carboxylic acids is 2. The molecule has 0 rings (SSSR count). The van der Waals surface area contributed by atoms with Crippen molar-refractivity contribution >= 4 is 11.9 Å². The molecule has 6 heteroatoms. The van der Waals surface area contributed by atoms with Crippen LogP contribution in [0, 0.1) is 0 Å². The average Bonchev–Trinajstić information content (AvgIpc) is 3.43. The minimum Gasteiger partial charge on any atom is -0.466 e. The number of esters is 1. The van der Waals surface area contributed by atoms with Gasteiger partial charge in [0.1, 0.15) is 0 Å². The summed E-state index contributed by atoms with van der Waals surface area (Å²) in [5.74, 6) is -0.0449. The van der Waals surface area contributed by atoms with Crippen molar-refractivity contribution in [2.45, 2.75) is 405 Å². The van der Waals surface area contributed by atoms with Crippen LogP contribution in [0.3, 0.4) is 0 Å². The number of unbranched alkanes of at least 4 members (excludes halogenated alkanes) is 53. The van der Waals surface area contributed by atoms with Crippen molar-refractivity contribution in [3.05, 3.63) is 24.3 Å². The topological polar surface area (TPSA) is 95.9 Å². The first kappa shape index (κ1) is 75.3. The molecule has 0 heterocycles. The summed E-state index contributed by atoms with van der Waals surface area (Å²) in [5.41, 5.74) is 0. The lowest BCUT2D eigenvalue weighted by atomic mass is 10.0. The third-order valence-corrected chi connectivity index (χ3v) is 16.5. The highest BCUT2D eigenvalue weighted by molar-refractivity contribution is 5.76. The van der Waals surface area contributed by atoms with Crippen molar-refractivity contribution in [2.75, 3.05) is 13.2 Å². The van der Waals surface area contributed by atoms with E-state index in [9.17, 15) is 19.8 Å². The number of rotatable bonds is 66. The molecule has 0 radical (unpaired) electrons. The fourth-order valence-electron chi connectivity index (χ4n) is 11.1. The fourth-order valence-corrected chi connectivity index (χ4v) is 11.1. The van der Waals surface area contributed by atoms with Gasteiger partial charge in [-0.1, -0.05) is 346 Å². The summed E-state index contributed by atoms with van der Waals surface area (Å²) in [7, 11) is 0. The Balaban J connectivity index is 3.29. The average molecular weight is 1080 g/mol. The summed E-state index contributed by atoms with van der Waals surface area (Å²) >= 11 is 0. The molecule has 1 amide bonds. The molecule has 0 fully saturated rings. The van der Waals surface area contributed by atoms with Gasteiger partial charge < -0.3 is 20.3 Å². The highest BCUT2D eigenvalue weighted by Crippen LogP contribution is 2.19. The first-order valence-corrected chi connectivity index (χ1v) is 35.1. The molecule has 0 saturated heterocycles. The number of carbonyl (C=O) groups is 2. The fraction of sp³-hybridized carbons (Fsp3) is 0.915. The molecule has 77 heavy (non-hydrogen) atoms. The van der Waals surface area contributed by atoms with Gasteiger partial charge in [-0.2, -0.15) is 0 Å². The van der Waals surface area contributed by atoms with Crippen molar-refractivity contribution < 1.29 is 24.5 Å². The molecule has 0 aliphatic heterocycles. The lowest BCUT2D eigenvalue weighted by molar-refractivity contribution is -0.143. The molecular formula is C71H137NO5. The van der Waals surface area contributed by atoms with E-state index >= 15 is 0 Å². The van der Waals surface area contributed by atoms with Crippen molar-refractivity contribution in [2.24, 2.45) is 0 Å². The van der Waals surface area contributed by atoms with E-state index in [0.717, 1.165) is 38.5 Å². The van der Waals surface area contributed by atoms with E-state index in [1.807, 2.05) is 6.08 Å². The normalized spacial score (nSPS) is 12.6. The molecule has 2 atom stereocenters. The van der Waals surface area contributed by atoms with Gasteiger partial charge in [-0.25, -0.2) is 0 Å². The summed E-state index contributed by atoms with van der Waals surface area (Å²) in [6, 6.07) is -0.622. The first-order chi connectivity index (χ1) is 38.0. The Morgan fingerprint density at radius 3 is 0.922 bits per heavy atom. The maximum atomic E-state index is 12.4. The smallest absolute Gasteiger partial charge is 0.305 e. The monoisotopic (exact) mass is 1080 g/mol. The molecular weight excluding hydrogens is 947 g/mol. The number of ether oxygens (including phenoxy) is 1. The lowest BCUT2D eigenvalue weighted by Gasteiger charge is -2.20. The molecule has 0 aromatic heterocycles. The van der Waals surface area contributed by atoms with Gasteiger partial charge in [0.05, 0.1) is 25.4 Å². The number of amides is 1. The van der Waals surface area contributed by atoms with Crippen LogP contribution < -0.4 is 5.32 Å². The van der Waals surface area contributed by atoms with Gasteiger partial charge in [-0.15, -0.1) is 0 Å². The molecule has 0 aliphatic rings. The number of hydrogen-bond donors (Lipinski definition) is 3. The van der Waals surface area contributed by atoms with Gasteiger partial charge in [0, 0.05) is 12.8 Å². The molecule has 0 aromatic carbocycles. The van der Waals surface area contributed by atoms with Crippen LogP contribution in [0.15, 0.2) is 24.3 Å². The van der Waals surface area contributed by atoms with E-state index in [1.165, 1.54) is 327 Å². The highest BCUT2D eigenvalue weighted by atomic mass is 16.5. The van der Waals surface area contributed by atoms with Gasteiger partial charge in [0.2, 0.25) is 5.91 Å². The molecule has 6 nitrogen and oxygen atoms in total. The van der Waals surface area contributed by atoms with E-state index in [1.54, 1.807) is 6.08 Å². The SMILES string of the molecule is CCCCCCCC/C=C\CCCCCCCCCC(=O)OCCCCCCCCCCCCCCCCCCCCCCCCCCCCCCCCCCCC(=O)NC(CO)C(O)/C=C/CCCCCCCCCC. The zero-order valence-corrected chi connectivity index (χ0v) is 52.2. The third-order valence-electron chi connectivity index (χ3n) is 16.5. The quantitative estimate of drug-likeness (QED) is 0.0320. The molecule has 0 aliphatic carbocycles. The van der Waals surface area contributed by atoms with Crippen LogP contribution >= 0.6 is 0 Å². The third kappa shape index (κ3) is 63.4. The molecule has 0 saturated carbocycles. The molecule has 0 spiro atoms. The number of nitrogens with one attached hydrogen (secondary N) is 1. The van der Waals surface area contributed by atoms with Crippen LogP contribution in [-0.2, 0) is 14.3 Å². The minimum absolute atomic E-state index is 0.0186. The first-order valence-electron chi connectivity index (χ1n) is 35.1. The number of hydrogen-bond acceptors (Lipinski definition) is 5. The Morgan fingerprint density at radius 1 is 0.351 bits per heavy atom. The van der Waals surface area contributed by atoms with E-state index in [2.05, 4.69) is 31.3 Å². The number of aliphatic hydroxyl groups is 2. The Hall–Kier alpha value is -1.66. The van der Waals surface area contributed by atoms with E-state index in [4.69, 9.17) is 4.74 Å². The zero-order valence-electron chi connectivity index (χ0n) is 52.2. The van der Waals surface area contributed by atoms with E-state index < -0.39 is 12.1 Å². The van der Waals surface area contributed by atoms with Gasteiger partial charge in [0.15, 0.2) is 0 Å². The Morgan fingerprint density at radius 2 is 0.610 bits per heavy atom. The van der Waals surface area contributed by atoms with Crippen LogP contribution in [0.4, 0.5) is 0 Å². The van der Waals surface area contributed by atoms with Crippen LogP contribution in [0.25, 0.3) is 0 Å². The standard InChI is InChI=1S/C71H137NO5/c1-3-5-7-9-11-13-15-16-17-35-39-42-45-49-53-57-61-65-71(76)77-66-62-58-54-50-46-43-40-37-34-32-30-28-26-24-22-20-18-19-21-23-25-27-29-31-33-36-38-41-44-48-52-56-60-64-70(75)72-68(67-73)69(74)63-59-55-51-47-14-12-10-8-6-4-2/h16-17,59,63,68-69,73-74H,3-15,18-58,60-62,64-67H2,1-2H3,(H,72,75)/b17-16-,63-59+. The van der Waals surface area contributed by atoms with Gasteiger partial charge >= 0.3 is 5.97 Å². The predicted octanol–water partition coefficient (Wildman–Crippen LogP) is 22.5. The van der Waals surface area contributed by atoms with Crippen LogP contribution in [0.1, 0.15) is 393 Å². The van der Waals surface area contributed by atoms with Crippen LogP contribution in [0.2, 0.25) is 0 Å². The largest absolute Gasteiger partial charge is 0.466 e. The van der Waals surface area contributed by atoms with E-state index in [0.29, 0.717) is 19.4 Å². The zero-order chi connectivity index (χ0) is 55.7. The summed E-state index contributed by atoms with van der Waals surface area (Å²) < 4.78 is 5.51. The molecule has 3 N–H and O–H groups in total. The summed E-state index contributed by atoms with van der Waals surface area (Å²) in [6.07, 6.45) is 84.2. The minimum atomic E-state index is -0.839. The van der Waals surface area contributed by atoms with Crippen molar-refractivity contribution in [3.8, 4) is 0 Å². The Labute approximate surface area is 481 Å². The number of aliphatic hydroxyl groups excluding tert-OH is 2. The number of allylic oxidation sites excluding steroid dienone is 3. The summed E-state index contributed by atoms with van der Waals surface area (Å²) in [5, 5.41) is 23.0. The predicted molar refractivity (Wildman–Crippen MR) is 338 cm³/mol. The summed E-state index contributed by atoms with van der Waals surface area (Å²) in [6.45, 7) is 4.91. The van der Waals surface area contributed by atoms with Crippen LogP contribution in [-0.4, -0.2) is 47.4 Å². The molecule has 0 aromatic rings. The second-order valence-corrected chi connectivity index (χ2v) is 24.2. The van der Waals surface area contributed by atoms with Crippen molar-refractivity contribution in [1.29, 1.82) is 0 Å². The Kier molecular flexibility index (Phi) is 65.4. The summed E-state index contributed by atoms with van der Waals surface area (Å²) in [4.78, 5) is 24.5.